The van der Waals surface area contributed by atoms with Gasteiger partial charge in [0.1, 0.15) is 0 Å². The van der Waals surface area contributed by atoms with Crippen LogP contribution in [0.4, 0.5) is 0 Å². The zero-order valence-corrected chi connectivity index (χ0v) is 6.02. The van der Waals surface area contributed by atoms with E-state index in [-0.39, 0.29) is 17.6 Å². The van der Waals surface area contributed by atoms with E-state index in [4.69, 9.17) is 0 Å². The summed E-state index contributed by atoms with van der Waals surface area (Å²) in [7, 11) is 0. The maximum atomic E-state index is 10.5. The zero-order valence-electron chi connectivity index (χ0n) is 5.13. The summed E-state index contributed by atoms with van der Waals surface area (Å²) < 4.78 is 0. The van der Waals surface area contributed by atoms with Crippen LogP contribution in [0.25, 0.3) is 0 Å². The third-order valence-corrected chi connectivity index (χ3v) is 0.883. The Balaban J connectivity index is 3.38. The summed E-state index contributed by atoms with van der Waals surface area (Å²) in [6.07, 6.45) is 0.653. The molecule has 0 bridgehead atoms. The van der Waals surface area contributed by atoms with Crippen molar-refractivity contribution in [2.75, 3.05) is 0 Å². The van der Waals surface area contributed by atoms with Crippen LogP contribution >= 0.6 is 12.6 Å². The first-order chi connectivity index (χ1) is 4.16. The molecular weight excluding hydrogens is 138 g/mol. The molecule has 0 rings (SSSR count). The van der Waals surface area contributed by atoms with Crippen molar-refractivity contribution in [1.82, 2.24) is 5.32 Å². The number of hydrogen-bond donors (Lipinski definition) is 2. The molecule has 2 amide bonds. The van der Waals surface area contributed by atoms with Gasteiger partial charge in [-0.3, -0.25) is 14.9 Å². The normalized spacial score (nSPS) is 12.2. The van der Waals surface area contributed by atoms with Crippen molar-refractivity contribution in [1.29, 1.82) is 0 Å². The SMILES string of the molecule is CC(S)CC(=O)NC=O. The number of amides is 2. The van der Waals surface area contributed by atoms with E-state index < -0.39 is 0 Å². The third-order valence-electron chi connectivity index (χ3n) is 0.701. The average molecular weight is 147 g/mol. The van der Waals surface area contributed by atoms with Gasteiger partial charge in [0.2, 0.25) is 12.3 Å². The molecule has 0 fully saturated rings. The van der Waals surface area contributed by atoms with Crippen molar-refractivity contribution in [3.05, 3.63) is 0 Å². The topological polar surface area (TPSA) is 46.2 Å². The Bertz CT molecular complexity index is 114. The van der Waals surface area contributed by atoms with Crippen molar-refractivity contribution in [3.63, 3.8) is 0 Å². The first kappa shape index (κ1) is 8.49. The monoisotopic (exact) mass is 147 g/mol. The highest BCUT2D eigenvalue weighted by Crippen LogP contribution is 1.96. The van der Waals surface area contributed by atoms with Crippen molar-refractivity contribution < 1.29 is 9.59 Å². The molecule has 0 aromatic carbocycles. The Kier molecular flexibility index (Phi) is 4.13. The fourth-order valence-corrected chi connectivity index (χ4v) is 0.559. The van der Waals surface area contributed by atoms with E-state index in [1.165, 1.54) is 0 Å². The van der Waals surface area contributed by atoms with Crippen LogP contribution in [-0.4, -0.2) is 17.6 Å². The zero-order chi connectivity index (χ0) is 7.28. The van der Waals surface area contributed by atoms with E-state index in [0.717, 1.165) is 0 Å². The number of carbonyl (C=O) groups is 2. The predicted molar refractivity (Wildman–Crippen MR) is 37.3 cm³/mol. The van der Waals surface area contributed by atoms with E-state index in [2.05, 4.69) is 12.6 Å². The fourth-order valence-electron chi connectivity index (χ4n) is 0.393. The van der Waals surface area contributed by atoms with Gasteiger partial charge in [-0.05, 0) is 0 Å². The summed E-state index contributed by atoms with van der Waals surface area (Å²) in [6.45, 7) is 1.79. The van der Waals surface area contributed by atoms with Gasteiger partial charge < -0.3 is 0 Å². The van der Waals surface area contributed by atoms with Crippen LogP contribution in [0.3, 0.4) is 0 Å². The van der Waals surface area contributed by atoms with Crippen molar-refractivity contribution in [2.24, 2.45) is 0 Å². The average Bonchev–Trinajstić information content (AvgIpc) is 1.63. The molecule has 52 valence electrons. The van der Waals surface area contributed by atoms with E-state index in [1.807, 2.05) is 5.32 Å². The molecule has 0 aromatic heterocycles. The molecule has 4 heteroatoms. The molecule has 9 heavy (non-hydrogen) atoms. The first-order valence-corrected chi connectivity index (χ1v) is 3.09. The maximum Gasteiger partial charge on any atom is 0.227 e. The smallest absolute Gasteiger partial charge is 0.227 e. The second-order valence-corrected chi connectivity index (χ2v) is 2.62. The number of hydrogen-bond acceptors (Lipinski definition) is 3. The predicted octanol–water partition coefficient (Wildman–Crippen LogP) is -0.0326. The van der Waals surface area contributed by atoms with Crippen molar-refractivity contribution in [3.8, 4) is 0 Å². The van der Waals surface area contributed by atoms with E-state index in [0.29, 0.717) is 6.41 Å². The molecule has 1 unspecified atom stereocenters. The highest BCUT2D eigenvalue weighted by atomic mass is 32.1. The second-order valence-electron chi connectivity index (χ2n) is 1.74. The largest absolute Gasteiger partial charge is 0.299 e. The van der Waals surface area contributed by atoms with Gasteiger partial charge in [0.15, 0.2) is 0 Å². The van der Waals surface area contributed by atoms with Gasteiger partial charge in [-0.25, -0.2) is 0 Å². The number of imide groups is 1. The Labute approximate surface area is 59.2 Å². The Morgan fingerprint density at radius 3 is 2.78 bits per heavy atom. The Morgan fingerprint density at radius 2 is 2.44 bits per heavy atom. The summed E-state index contributed by atoms with van der Waals surface area (Å²) in [6, 6.07) is 0. The molecule has 1 atom stereocenters. The Hall–Kier alpha value is -0.510. The summed E-state index contributed by atoms with van der Waals surface area (Å²) in [4.78, 5) is 20.1. The molecule has 0 aliphatic rings. The molecule has 1 N–H and O–H groups in total. The Morgan fingerprint density at radius 1 is 1.89 bits per heavy atom. The number of carbonyl (C=O) groups excluding carboxylic acids is 2. The van der Waals surface area contributed by atoms with Gasteiger partial charge in [0.25, 0.3) is 0 Å². The summed E-state index contributed by atoms with van der Waals surface area (Å²) in [5, 5.41) is 2.01. The molecular formula is C5H9NO2S. The quantitative estimate of drug-likeness (QED) is 0.435. The molecule has 3 nitrogen and oxygen atoms in total. The highest BCUT2D eigenvalue weighted by molar-refractivity contribution is 7.80. The van der Waals surface area contributed by atoms with E-state index in [1.54, 1.807) is 6.92 Å². The summed E-state index contributed by atoms with van der Waals surface area (Å²) in [5.41, 5.74) is 0. The lowest BCUT2D eigenvalue weighted by atomic mass is 10.3. The van der Waals surface area contributed by atoms with Crippen LogP contribution in [0.2, 0.25) is 0 Å². The van der Waals surface area contributed by atoms with Gasteiger partial charge in [-0.2, -0.15) is 12.6 Å². The molecule has 0 aliphatic carbocycles. The van der Waals surface area contributed by atoms with Crippen LogP contribution < -0.4 is 5.32 Å². The lowest BCUT2D eigenvalue weighted by Gasteiger charge is -1.98. The van der Waals surface area contributed by atoms with Gasteiger partial charge >= 0.3 is 0 Å². The van der Waals surface area contributed by atoms with Gasteiger partial charge in [-0.15, -0.1) is 0 Å². The van der Waals surface area contributed by atoms with Crippen LogP contribution in [0.15, 0.2) is 0 Å². The minimum Gasteiger partial charge on any atom is -0.299 e. The number of nitrogens with one attached hydrogen (secondary N) is 1. The lowest BCUT2D eigenvalue weighted by Crippen LogP contribution is -2.23. The molecule has 0 spiro atoms. The van der Waals surface area contributed by atoms with Gasteiger partial charge in [-0.1, -0.05) is 6.92 Å². The van der Waals surface area contributed by atoms with Crippen LogP contribution in [0.5, 0.6) is 0 Å². The van der Waals surface area contributed by atoms with Gasteiger partial charge in [0.05, 0.1) is 0 Å². The van der Waals surface area contributed by atoms with Crippen LogP contribution in [0, 0.1) is 0 Å². The number of rotatable bonds is 3. The second kappa shape index (κ2) is 4.38. The van der Waals surface area contributed by atoms with Crippen LogP contribution in [0.1, 0.15) is 13.3 Å². The summed E-state index contributed by atoms with van der Waals surface area (Å²) >= 11 is 3.95. The molecule has 0 heterocycles. The molecule has 0 saturated heterocycles. The van der Waals surface area contributed by atoms with Gasteiger partial charge in [0, 0.05) is 11.7 Å². The first-order valence-electron chi connectivity index (χ1n) is 2.58. The third kappa shape index (κ3) is 5.36. The minimum absolute atomic E-state index is 0.00458. The van der Waals surface area contributed by atoms with E-state index >= 15 is 0 Å². The number of thiol groups is 1. The lowest BCUT2D eigenvalue weighted by molar-refractivity contribution is -0.125. The molecule has 0 radical (unpaired) electrons. The highest BCUT2D eigenvalue weighted by Gasteiger charge is 2.02. The maximum absolute atomic E-state index is 10.5. The van der Waals surface area contributed by atoms with Crippen molar-refractivity contribution >= 4 is 24.9 Å². The minimum atomic E-state index is -0.285. The molecule has 0 saturated carbocycles. The van der Waals surface area contributed by atoms with Crippen LogP contribution in [-0.2, 0) is 9.59 Å². The fraction of sp³-hybridized carbons (Fsp3) is 0.600. The van der Waals surface area contributed by atoms with E-state index in [9.17, 15) is 9.59 Å². The van der Waals surface area contributed by atoms with Crippen molar-refractivity contribution in [2.45, 2.75) is 18.6 Å². The molecule has 0 aromatic rings. The molecule has 0 aliphatic heterocycles. The standard InChI is InChI=1S/C5H9NO2S/c1-4(9)2-5(8)6-3-7/h3-4,9H,2H2,1H3,(H,6,7,8). The summed E-state index contributed by atoms with van der Waals surface area (Å²) in [5.74, 6) is -0.285.